The van der Waals surface area contributed by atoms with Gasteiger partial charge >= 0.3 is 0 Å². The molecule has 1 atom stereocenters. The van der Waals surface area contributed by atoms with Gasteiger partial charge in [0.25, 0.3) is 5.91 Å². The Hall–Kier alpha value is -1.78. The largest absolute Gasteiger partial charge is 0.465 e. The first kappa shape index (κ1) is 12.3. The second-order valence-corrected chi connectivity index (χ2v) is 5.37. The van der Waals surface area contributed by atoms with E-state index in [-0.39, 0.29) is 11.8 Å². The SMILES string of the molecule is Cc1cc(C(=O)NC2CCCNC2=O)c(C2CC2)o1. The molecule has 5 nitrogen and oxygen atoms in total. The third kappa shape index (κ3) is 2.50. The number of hydrogen-bond acceptors (Lipinski definition) is 3. The Morgan fingerprint density at radius 3 is 2.89 bits per heavy atom. The number of rotatable bonds is 3. The molecule has 1 unspecified atom stereocenters. The summed E-state index contributed by atoms with van der Waals surface area (Å²) in [5.41, 5.74) is 0.596. The molecule has 0 radical (unpaired) electrons. The summed E-state index contributed by atoms with van der Waals surface area (Å²) in [4.78, 5) is 23.9. The topological polar surface area (TPSA) is 71.3 Å². The zero-order valence-corrected chi connectivity index (χ0v) is 11.0. The predicted octanol–water partition coefficient (Wildman–Crippen LogP) is 1.47. The van der Waals surface area contributed by atoms with Crippen LogP contribution in [0.1, 0.15) is 53.5 Å². The molecule has 5 heteroatoms. The van der Waals surface area contributed by atoms with Gasteiger partial charge in [-0.25, -0.2) is 0 Å². The highest BCUT2D eigenvalue weighted by Gasteiger charge is 2.33. The molecule has 0 bridgehead atoms. The molecule has 2 fully saturated rings. The second kappa shape index (κ2) is 4.72. The van der Waals surface area contributed by atoms with E-state index < -0.39 is 6.04 Å². The molecule has 2 aliphatic rings. The van der Waals surface area contributed by atoms with E-state index in [0.29, 0.717) is 24.4 Å². The fraction of sp³-hybridized carbons (Fsp3) is 0.571. The molecule has 0 aromatic carbocycles. The van der Waals surface area contributed by atoms with E-state index in [2.05, 4.69) is 10.6 Å². The van der Waals surface area contributed by atoms with Crippen LogP contribution < -0.4 is 10.6 Å². The third-order valence-electron chi connectivity index (χ3n) is 3.67. The Morgan fingerprint density at radius 1 is 1.42 bits per heavy atom. The predicted molar refractivity (Wildman–Crippen MR) is 68.9 cm³/mol. The molecule has 102 valence electrons. The van der Waals surface area contributed by atoms with Gasteiger partial charge in [0.2, 0.25) is 5.91 Å². The lowest BCUT2D eigenvalue weighted by atomic mass is 10.1. The summed E-state index contributed by atoms with van der Waals surface area (Å²) in [7, 11) is 0. The highest BCUT2D eigenvalue weighted by atomic mass is 16.3. The normalized spacial score (nSPS) is 23.0. The lowest BCUT2D eigenvalue weighted by molar-refractivity contribution is -0.124. The van der Waals surface area contributed by atoms with Gasteiger partial charge in [0.1, 0.15) is 17.6 Å². The number of nitrogens with one attached hydrogen (secondary N) is 2. The van der Waals surface area contributed by atoms with Crippen LogP contribution in [0, 0.1) is 6.92 Å². The van der Waals surface area contributed by atoms with Crippen molar-refractivity contribution < 1.29 is 14.0 Å². The first-order valence-electron chi connectivity index (χ1n) is 6.84. The van der Waals surface area contributed by atoms with Crippen LogP contribution in [0.3, 0.4) is 0 Å². The van der Waals surface area contributed by atoms with Crippen molar-refractivity contribution in [3.8, 4) is 0 Å². The highest BCUT2D eigenvalue weighted by molar-refractivity contribution is 5.98. The summed E-state index contributed by atoms with van der Waals surface area (Å²) in [5.74, 6) is 1.63. The molecular weight excluding hydrogens is 244 g/mol. The van der Waals surface area contributed by atoms with E-state index in [1.807, 2.05) is 6.92 Å². The van der Waals surface area contributed by atoms with Crippen LogP contribution in [0.25, 0.3) is 0 Å². The van der Waals surface area contributed by atoms with Crippen molar-refractivity contribution in [1.82, 2.24) is 10.6 Å². The summed E-state index contributed by atoms with van der Waals surface area (Å²) >= 11 is 0. The molecule has 1 aliphatic carbocycles. The standard InChI is InChI=1S/C14H18N2O3/c1-8-7-10(12(19-8)9-4-5-9)13(17)16-11-3-2-6-15-14(11)18/h7,9,11H,2-6H2,1H3,(H,15,18)(H,16,17). The number of furan rings is 1. The maximum Gasteiger partial charge on any atom is 0.255 e. The molecule has 0 spiro atoms. The highest BCUT2D eigenvalue weighted by Crippen LogP contribution is 2.42. The van der Waals surface area contributed by atoms with Gasteiger partial charge in [-0.1, -0.05) is 0 Å². The molecule has 1 aromatic rings. The van der Waals surface area contributed by atoms with Crippen molar-refractivity contribution in [3.63, 3.8) is 0 Å². The van der Waals surface area contributed by atoms with Gasteiger partial charge in [0.15, 0.2) is 0 Å². The molecular formula is C14H18N2O3. The maximum absolute atomic E-state index is 12.3. The molecule has 1 saturated carbocycles. The van der Waals surface area contributed by atoms with Gasteiger partial charge < -0.3 is 15.1 Å². The zero-order chi connectivity index (χ0) is 13.4. The quantitative estimate of drug-likeness (QED) is 0.866. The number of amides is 2. The van der Waals surface area contributed by atoms with Gasteiger partial charge in [0, 0.05) is 12.5 Å². The number of aryl methyl sites for hydroxylation is 1. The Balaban J connectivity index is 1.74. The first-order valence-corrected chi connectivity index (χ1v) is 6.84. The minimum absolute atomic E-state index is 0.0900. The Bertz CT molecular complexity index is 517. The van der Waals surface area contributed by atoms with E-state index in [0.717, 1.165) is 30.8 Å². The van der Waals surface area contributed by atoms with Crippen molar-refractivity contribution in [2.24, 2.45) is 0 Å². The fourth-order valence-corrected chi connectivity index (χ4v) is 2.50. The van der Waals surface area contributed by atoms with Gasteiger partial charge in [-0.05, 0) is 38.7 Å². The maximum atomic E-state index is 12.3. The first-order chi connectivity index (χ1) is 9.15. The van der Waals surface area contributed by atoms with E-state index in [4.69, 9.17) is 4.42 Å². The molecule has 1 aliphatic heterocycles. The minimum Gasteiger partial charge on any atom is -0.465 e. The average molecular weight is 262 g/mol. The second-order valence-electron chi connectivity index (χ2n) is 5.37. The van der Waals surface area contributed by atoms with Gasteiger partial charge in [-0.2, -0.15) is 0 Å². The number of carbonyl (C=O) groups is 2. The third-order valence-corrected chi connectivity index (χ3v) is 3.67. The van der Waals surface area contributed by atoms with Crippen molar-refractivity contribution in [1.29, 1.82) is 0 Å². The summed E-state index contributed by atoms with van der Waals surface area (Å²) < 4.78 is 5.61. The summed E-state index contributed by atoms with van der Waals surface area (Å²) in [6.07, 6.45) is 3.76. The lowest BCUT2D eigenvalue weighted by Gasteiger charge is -2.22. The molecule has 2 N–H and O–H groups in total. The van der Waals surface area contributed by atoms with Crippen molar-refractivity contribution >= 4 is 11.8 Å². The average Bonchev–Trinajstić information content (AvgIpc) is 3.15. The van der Waals surface area contributed by atoms with Crippen LogP contribution in [0.2, 0.25) is 0 Å². The molecule has 1 aromatic heterocycles. The van der Waals surface area contributed by atoms with E-state index in [9.17, 15) is 9.59 Å². The van der Waals surface area contributed by atoms with Crippen LogP contribution in [0.4, 0.5) is 0 Å². The molecule has 2 heterocycles. The van der Waals surface area contributed by atoms with Gasteiger partial charge in [0.05, 0.1) is 5.56 Å². The molecule has 1 saturated heterocycles. The Morgan fingerprint density at radius 2 is 2.21 bits per heavy atom. The Kier molecular flexibility index (Phi) is 3.05. The van der Waals surface area contributed by atoms with Crippen molar-refractivity contribution in [2.75, 3.05) is 6.54 Å². The number of hydrogen-bond donors (Lipinski definition) is 2. The number of carbonyl (C=O) groups excluding carboxylic acids is 2. The van der Waals surface area contributed by atoms with Crippen LogP contribution >= 0.6 is 0 Å². The Labute approximate surface area is 111 Å². The molecule has 3 rings (SSSR count). The van der Waals surface area contributed by atoms with E-state index in [1.54, 1.807) is 6.07 Å². The summed E-state index contributed by atoms with van der Waals surface area (Å²) in [5, 5.41) is 5.58. The molecule has 2 amide bonds. The van der Waals surface area contributed by atoms with E-state index >= 15 is 0 Å². The van der Waals surface area contributed by atoms with Crippen LogP contribution in [-0.4, -0.2) is 24.4 Å². The van der Waals surface area contributed by atoms with Crippen molar-refractivity contribution in [3.05, 3.63) is 23.2 Å². The zero-order valence-electron chi connectivity index (χ0n) is 11.0. The van der Waals surface area contributed by atoms with Crippen LogP contribution in [0.15, 0.2) is 10.5 Å². The monoisotopic (exact) mass is 262 g/mol. The van der Waals surface area contributed by atoms with E-state index in [1.165, 1.54) is 0 Å². The summed E-state index contributed by atoms with van der Waals surface area (Å²) in [6, 6.07) is 1.35. The minimum atomic E-state index is -0.413. The lowest BCUT2D eigenvalue weighted by Crippen LogP contribution is -2.50. The fourth-order valence-electron chi connectivity index (χ4n) is 2.50. The van der Waals surface area contributed by atoms with Crippen LogP contribution in [-0.2, 0) is 4.79 Å². The smallest absolute Gasteiger partial charge is 0.255 e. The van der Waals surface area contributed by atoms with Crippen LogP contribution in [0.5, 0.6) is 0 Å². The summed E-state index contributed by atoms with van der Waals surface area (Å²) in [6.45, 7) is 2.54. The van der Waals surface area contributed by atoms with Gasteiger partial charge in [-0.3, -0.25) is 9.59 Å². The van der Waals surface area contributed by atoms with Crippen molar-refractivity contribution in [2.45, 2.75) is 44.6 Å². The van der Waals surface area contributed by atoms with Gasteiger partial charge in [-0.15, -0.1) is 0 Å². The molecule has 19 heavy (non-hydrogen) atoms. The number of piperidine rings is 1.